The fourth-order valence-corrected chi connectivity index (χ4v) is 3.90. The fourth-order valence-electron chi connectivity index (χ4n) is 3.90. The van der Waals surface area contributed by atoms with Crippen LogP contribution in [0.5, 0.6) is 5.75 Å². The molecule has 1 unspecified atom stereocenters. The van der Waals surface area contributed by atoms with Crippen LogP contribution in [0.15, 0.2) is 36.2 Å². The Hall–Kier alpha value is -3.35. The Morgan fingerprint density at radius 1 is 1.27 bits per heavy atom. The molecule has 0 spiro atoms. The molecule has 2 amide bonds. The number of phenols is 1. The molecule has 1 saturated heterocycles. The number of nitroso groups, excluding NO2 is 1. The average Bonchev–Trinajstić information content (AvgIpc) is 3.00. The molecule has 0 saturated carbocycles. The number of halogens is 5. The summed E-state index contributed by atoms with van der Waals surface area (Å²) in [6.07, 6.45) is -3.93. The largest absolute Gasteiger partial charge is 0.505 e. The normalized spacial score (nSPS) is 29.7. The molecule has 5 atom stereocenters. The second-order valence-corrected chi connectivity index (χ2v) is 7.89. The molecule has 3 rings (SSSR count). The standard InChI is InChI=1S/C20H18F5N3O5/c1-8-13(10-3-4-11(21)14(22)15(10)29)16(33-19(8,2)20(23,24)25)18(31)27-9-5-6-28(32)12(7-9)17(26)30/h3-8,12-13,16H,1-2H3,(H3-,26,27,29,30,31)/p+1/t8-,12?,13+,16-,19+/m0/s1. The van der Waals surface area contributed by atoms with Gasteiger partial charge in [-0.1, -0.05) is 13.0 Å². The van der Waals surface area contributed by atoms with E-state index in [9.17, 15) is 41.6 Å². The molecule has 0 aromatic heterocycles. The average molecular weight is 476 g/mol. The van der Waals surface area contributed by atoms with Crippen LogP contribution in [-0.4, -0.2) is 45.6 Å². The number of benzene rings is 1. The van der Waals surface area contributed by atoms with Crippen molar-refractivity contribution in [2.24, 2.45) is 11.7 Å². The molecule has 178 valence electrons. The van der Waals surface area contributed by atoms with Crippen molar-refractivity contribution >= 4 is 11.8 Å². The highest BCUT2D eigenvalue weighted by atomic mass is 19.4. The Morgan fingerprint density at radius 2 is 1.91 bits per heavy atom. The van der Waals surface area contributed by atoms with Crippen LogP contribution in [0.2, 0.25) is 0 Å². The minimum absolute atomic E-state index is 0.124. The van der Waals surface area contributed by atoms with Gasteiger partial charge in [-0.2, -0.15) is 17.6 Å². The highest BCUT2D eigenvalue weighted by Gasteiger charge is 2.65. The maximum Gasteiger partial charge on any atom is 0.417 e. The zero-order chi connectivity index (χ0) is 24.9. The molecule has 0 bridgehead atoms. The third-order valence-corrected chi connectivity index (χ3v) is 5.96. The first-order valence-electron chi connectivity index (χ1n) is 9.56. The number of phenolic OH excluding ortho intramolecular Hbond substituents is 1. The summed E-state index contributed by atoms with van der Waals surface area (Å²) in [7, 11) is 0. The van der Waals surface area contributed by atoms with Crippen LogP contribution < -0.4 is 11.1 Å². The van der Waals surface area contributed by atoms with Crippen molar-refractivity contribution in [1.82, 2.24) is 5.32 Å². The summed E-state index contributed by atoms with van der Waals surface area (Å²) in [5.74, 6) is -9.59. The number of allylic oxidation sites excluding steroid dienone is 1. The van der Waals surface area contributed by atoms with E-state index < -0.39 is 70.5 Å². The number of alkyl halides is 3. The molecule has 33 heavy (non-hydrogen) atoms. The summed E-state index contributed by atoms with van der Waals surface area (Å²) in [6.45, 7) is 1.80. The number of hydrogen-bond acceptors (Lipinski definition) is 5. The lowest BCUT2D eigenvalue weighted by molar-refractivity contribution is -0.495. The van der Waals surface area contributed by atoms with Crippen LogP contribution >= 0.6 is 0 Å². The van der Waals surface area contributed by atoms with Crippen LogP contribution in [0.25, 0.3) is 0 Å². The van der Waals surface area contributed by atoms with Crippen molar-refractivity contribution < 1.29 is 46.1 Å². The van der Waals surface area contributed by atoms with Gasteiger partial charge in [0.25, 0.3) is 11.8 Å². The molecule has 8 nitrogen and oxygen atoms in total. The summed E-state index contributed by atoms with van der Waals surface area (Å²) < 4.78 is 74.3. The maximum absolute atomic E-state index is 14.0. The van der Waals surface area contributed by atoms with Gasteiger partial charge in [-0.15, -0.1) is 0 Å². The van der Waals surface area contributed by atoms with Crippen molar-refractivity contribution in [2.45, 2.75) is 43.7 Å². The van der Waals surface area contributed by atoms with Crippen LogP contribution in [0, 0.1) is 22.5 Å². The van der Waals surface area contributed by atoms with Gasteiger partial charge in [0.1, 0.15) is 6.10 Å². The number of nitrogens with one attached hydrogen (secondary N) is 1. The number of nitrogens with two attached hydrogens (primary N) is 1. The van der Waals surface area contributed by atoms with E-state index in [-0.39, 0.29) is 10.5 Å². The predicted molar refractivity (Wildman–Crippen MR) is 101 cm³/mol. The molecule has 1 aromatic rings. The lowest BCUT2D eigenvalue weighted by atomic mass is 9.77. The third-order valence-electron chi connectivity index (χ3n) is 5.96. The van der Waals surface area contributed by atoms with Gasteiger partial charge in [-0.05, 0) is 13.0 Å². The number of hydrogen-bond donors (Lipinski definition) is 3. The van der Waals surface area contributed by atoms with Crippen LogP contribution in [0.4, 0.5) is 22.0 Å². The van der Waals surface area contributed by atoms with Gasteiger partial charge in [-0.3, -0.25) is 9.59 Å². The quantitative estimate of drug-likeness (QED) is 0.455. The SMILES string of the molecule is C[C@H]1[C@H](c2ccc(F)c(F)c2O)[C@@H](C(=O)NC2=CC(C(N)=O)[N+](=O)C=C2)O[C@@]1(C)C(F)(F)F. The first kappa shape index (κ1) is 24.3. The van der Waals surface area contributed by atoms with E-state index in [0.29, 0.717) is 13.0 Å². The molecule has 2 aliphatic heterocycles. The number of aromatic hydroxyl groups is 1. The first-order chi connectivity index (χ1) is 15.2. The van der Waals surface area contributed by atoms with Gasteiger partial charge in [-0.25, -0.2) is 4.39 Å². The van der Waals surface area contributed by atoms with Gasteiger partial charge in [0.15, 0.2) is 17.2 Å². The van der Waals surface area contributed by atoms with Gasteiger partial charge in [0.05, 0.1) is 5.70 Å². The zero-order valence-corrected chi connectivity index (χ0v) is 17.2. The van der Waals surface area contributed by atoms with Crippen molar-refractivity contribution in [1.29, 1.82) is 0 Å². The molecule has 0 radical (unpaired) electrons. The smallest absolute Gasteiger partial charge is 0.417 e. The van der Waals surface area contributed by atoms with Crippen molar-refractivity contribution in [2.75, 3.05) is 0 Å². The second-order valence-electron chi connectivity index (χ2n) is 7.89. The summed E-state index contributed by atoms with van der Waals surface area (Å²) in [4.78, 5) is 35.9. The first-order valence-corrected chi connectivity index (χ1v) is 9.56. The summed E-state index contributed by atoms with van der Waals surface area (Å²) in [6, 6.07) is 0.0150. The third kappa shape index (κ3) is 4.08. The van der Waals surface area contributed by atoms with E-state index >= 15 is 0 Å². The predicted octanol–water partition coefficient (Wildman–Crippen LogP) is 2.27. The lowest BCUT2D eigenvalue weighted by Gasteiger charge is -2.31. The van der Waals surface area contributed by atoms with E-state index in [1.165, 1.54) is 0 Å². The Labute approximate surface area is 183 Å². The highest BCUT2D eigenvalue weighted by molar-refractivity contribution is 5.86. The summed E-state index contributed by atoms with van der Waals surface area (Å²) >= 11 is 0. The van der Waals surface area contributed by atoms with Gasteiger partial charge in [0, 0.05) is 39.2 Å². The Bertz CT molecular complexity index is 1090. The highest BCUT2D eigenvalue weighted by Crippen LogP contribution is 2.54. The van der Waals surface area contributed by atoms with Crippen molar-refractivity contribution in [3.05, 3.63) is 58.3 Å². The van der Waals surface area contributed by atoms with E-state index in [1.807, 2.05) is 0 Å². The second kappa shape index (κ2) is 8.21. The lowest BCUT2D eigenvalue weighted by Crippen LogP contribution is -2.47. The maximum atomic E-state index is 14.0. The minimum Gasteiger partial charge on any atom is -0.505 e. The fraction of sp³-hybridized carbons (Fsp3) is 0.400. The topological polar surface area (TPSA) is 122 Å². The van der Waals surface area contributed by atoms with Gasteiger partial charge in [0.2, 0.25) is 12.0 Å². The Balaban J connectivity index is 2.02. The molecular formula is C20H19F5N3O5+. The molecule has 0 aliphatic carbocycles. The molecular weight excluding hydrogens is 457 g/mol. The number of carbonyl (C=O) groups excluding carboxylic acids is 2. The number of nitrogens with zero attached hydrogens (tertiary/aromatic N) is 1. The van der Waals surface area contributed by atoms with Crippen molar-refractivity contribution in [3.8, 4) is 5.75 Å². The number of primary amides is 1. The van der Waals surface area contributed by atoms with Gasteiger partial charge >= 0.3 is 12.2 Å². The van der Waals surface area contributed by atoms with E-state index in [4.69, 9.17) is 10.5 Å². The van der Waals surface area contributed by atoms with Crippen LogP contribution in [0.1, 0.15) is 25.3 Å². The van der Waals surface area contributed by atoms with E-state index in [2.05, 4.69) is 5.32 Å². The Morgan fingerprint density at radius 3 is 2.48 bits per heavy atom. The minimum atomic E-state index is -4.96. The summed E-state index contributed by atoms with van der Waals surface area (Å²) in [5, 5.41) is 12.3. The number of rotatable bonds is 4. The molecule has 1 aromatic carbocycles. The van der Waals surface area contributed by atoms with E-state index in [1.54, 1.807) is 0 Å². The number of amides is 2. The Kier molecular flexibility index (Phi) is 6.04. The van der Waals surface area contributed by atoms with E-state index in [0.717, 1.165) is 31.3 Å². The monoisotopic (exact) mass is 476 g/mol. The molecule has 1 fully saturated rings. The zero-order valence-electron chi connectivity index (χ0n) is 17.2. The molecule has 2 heterocycles. The van der Waals surface area contributed by atoms with Crippen LogP contribution in [0.3, 0.4) is 0 Å². The van der Waals surface area contributed by atoms with Gasteiger partial charge < -0.3 is 20.9 Å². The molecule has 4 N–H and O–H groups in total. The summed E-state index contributed by atoms with van der Waals surface area (Å²) in [5.41, 5.74) is 1.64. The van der Waals surface area contributed by atoms with Crippen molar-refractivity contribution in [3.63, 3.8) is 0 Å². The number of carbonyl (C=O) groups is 2. The number of ether oxygens (including phenoxy) is 1. The van der Waals surface area contributed by atoms with Crippen LogP contribution in [-0.2, 0) is 14.3 Å². The molecule has 13 heteroatoms. The molecule has 2 aliphatic rings.